The zero-order chi connectivity index (χ0) is 86.8. The van der Waals surface area contributed by atoms with Crippen LogP contribution in [-0.4, -0.2) is 20.4 Å². The lowest BCUT2D eigenvalue weighted by Gasteiger charge is -2.46. The molecule has 0 amide bonds. The molecular formula is C110H98BN5. The lowest BCUT2D eigenvalue weighted by Crippen LogP contribution is -2.61. The van der Waals surface area contributed by atoms with Gasteiger partial charge in [-0.15, -0.1) is 0 Å². The molecule has 5 nitrogen and oxygen atoms in total. The van der Waals surface area contributed by atoms with Gasteiger partial charge in [0, 0.05) is 83.1 Å². The molecule has 20 rings (SSSR count). The van der Waals surface area contributed by atoms with E-state index in [1.54, 1.807) is 4.57 Å². The Morgan fingerprint density at radius 1 is 0.250 bits per heavy atom. The fraction of sp³-hybridized carbons (Fsp3) is 0.182. The van der Waals surface area contributed by atoms with Gasteiger partial charge in [0.25, 0.3) is 6.71 Å². The molecule has 0 aliphatic carbocycles. The molecule has 2 aliphatic heterocycles. The first-order valence-electron chi connectivity index (χ1n) is 44.8. The van der Waals surface area contributed by atoms with Crippen LogP contribution >= 0.6 is 0 Å². The summed E-state index contributed by atoms with van der Waals surface area (Å²) in [6.45, 7) is 33.8. The Bertz CT molecular complexity index is 7290. The predicted octanol–water partition coefficient (Wildman–Crippen LogP) is 28.2. The summed E-state index contributed by atoms with van der Waals surface area (Å²) in [5.74, 6) is 0. The van der Waals surface area contributed by atoms with Gasteiger partial charge in [-0.2, -0.15) is 0 Å². The molecular weight excluding hydrogens is 1400 g/mol. The maximum atomic E-state index is 10.1. The largest absolute Gasteiger partial charge is 0.310 e. The Hall–Kier alpha value is -12.6. The highest BCUT2D eigenvalue weighted by Crippen LogP contribution is 2.56. The normalized spacial score (nSPS) is 14.2. The number of nitrogens with zero attached hydrogens (tertiary/aromatic N) is 5. The Morgan fingerprint density at radius 3 is 1.19 bits per heavy atom. The van der Waals surface area contributed by atoms with Crippen molar-refractivity contribution in [1.82, 2.24) is 13.7 Å². The van der Waals surface area contributed by atoms with Gasteiger partial charge in [-0.25, -0.2) is 0 Å². The molecule has 0 bridgehead atoms. The molecule has 0 N–H and O–H groups in total. The predicted molar refractivity (Wildman–Crippen MR) is 499 cm³/mol. The van der Waals surface area contributed by atoms with Crippen LogP contribution in [-0.2, 0) is 27.1 Å². The van der Waals surface area contributed by atoms with Crippen molar-refractivity contribution in [3.8, 4) is 61.6 Å². The highest BCUT2D eigenvalue weighted by atomic mass is 15.2. The first-order valence-corrected chi connectivity index (χ1v) is 40.8. The highest BCUT2D eigenvalue weighted by molar-refractivity contribution is 7.00. The summed E-state index contributed by atoms with van der Waals surface area (Å²) in [5, 5.41) is 4.42. The quantitative estimate of drug-likeness (QED) is 0.134. The first kappa shape index (κ1) is 63.7. The van der Waals surface area contributed by atoms with Crippen LogP contribution in [0.3, 0.4) is 0 Å². The van der Waals surface area contributed by atoms with E-state index < -0.39 is 43.0 Å². The molecule has 0 fully saturated rings. The van der Waals surface area contributed by atoms with Crippen molar-refractivity contribution in [2.45, 2.75) is 131 Å². The third-order valence-corrected chi connectivity index (χ3v) is 24.6. The van der Waals surface area contributed by atoms with E-state index in [1.165, 1.54) is 22.3 Å². The molecule has 0 unspecified atom stereocenters. The topological polar surface area (TPSA) is 21.3 Å². The maximum absolute atomic E-state index is 10.1. The van der Waals surface area contributed by atoms with Gasteiger partial charge in [0.1, 0.15) is 0 Å². The van der Waals surface area contributed by atoms with Crippen LogP contribution in [0.1, 0.15) is 143 Å². The summed E-state index contributed by atoms with van der Waals surface area (Å²) in [5.41, 5.74) is 27.8. The molecule has 0 radical (unpaired) electrons. The van der Waals surface area contributed by atoms with E-state index in [0.29, 0.717) is 5.69 Å². The van der Waals surface area contributed by atoms with Gasteiger partial charge in [-0.3, -0.25) is 0 Å². The van der Waals surface area contributed by atoms with Crippen LogP contribution in [0.15, 0.2) is 321 Å². The lowest BCUT2D eigenvalue weighted by molar-refractivity contribution is 0.569. The van der Waals surface area contributed by atoms with E-state index >= 15 is 0 Å². The average Bonchev–Trinajstić information content (AvgIpc) is 1.02. The minimum atomic E-state index is -0.570. The third-order valence-electron chi connectivity index (χ3n) is 24.6. The van der Waals surface area contributed by atoms with Gasteiger partial charge in [0.2, 0.25) is 0 Å². The van der Waals surface area contributed by atoms with Gasteiger partial charge in [-0.05, 0) is 202 Å². The van der Waals surface area contributed by atoms with Crippen molar-refractivity contribution >= 4 is 123 Å². The number of rotatable bonds is 9. The Morgan fingerprint density at radius 2 is 0.664 bits per heavy atom. The lowest BCUT2D eigenvalue weighted by atomic mass is 9.33. The summed E-state index contributed by atoms with van der Waals surface area (Å²) in [6, 6.07) is 97.7. The molecule has 0 saturated heterocycles. The van der Waals surface area contributed by atoms with E-state index in [-0.39, 0.29) is 61.0 Å². The highest BCUT2D eigenvalue weighted by Gasteiger charge is 2.47. The number of aromatic nitrogens is 3. The van der Waals surface area contributed by atoms with Crippen LogP contribution < -0.4 is 26.2 Å². The van der Waals surface area contributed by atoms with Crippen molar-refractivity contribution in [1.29, 1.82) is 0 Å². The number of benzene rings is 15. The fourth-order valence-electron chi connectivity index (χ4n) is 18.4. The molecule has 0 atom stereocenters. The summed E-state index contributed by atoms with van der Waals surface area (Å²) < 4.78 is 83.7. The van der Waals surface area contributed by atoms with E-state index in [1.807, 2.05) is 6.07 Å². The third kappa shape index (κ3) is 11.7. The second kappa shape index (κ2) is 26.5. The Labute approximate surface area is 694 Å². The second-order valence-electron chi connectivity index (χ2n) is 37.2. The summed E-state index contributed by atoms with van der Waals surface area (Å²) in [7, 11) is 0. The zero-order valence-corrected chi connectivity index (χ0v) is 68.8. The molecule has 6 heteroatoms. The molecule has 116 heavy (non-hydrogen) atoms. The SMILES string of the molecule is [2H]c1c([2H])c([2H])c2c(c1[2H])c1c([2H])c([2H])c([2H])c([2H])c1n2-c1ccc2c(c1)N(c1c(-c3ccccc3)cc(C(C)(C)C)cc1-c1ccccc1)c1cc(-n3c4ccc(C(C)(C)C)cc4c4cc(C(C)(C)C)ccc43)cc3c1B2c1ccc(-c2cc(C(C)(C)C)cc(C(C)(C)C)c2)cc1N3c1c(-c2ccccc2)ccc2c1c1ccccc1n2-c1ccccc1. The molecule has 15 aromatic carbocycles. The van der Waals surface area contributed by atoms with Crippen LogP contribution in [0.25, 0.3) is 127 Å². The minimum Gasteiger partial charge on any atom is -0.310 e. The Balaban J connectivity index is 1.04. The molecule has 2 aliphatic rings. The van der Waals surface area contributed by atoms with E-state index in [9.17, 15) is 11.0 Å². The van der Waals surface area contributed by atoms with Gasteiger partial charge in [-0.1, -0.05) is 322 Å². The molecule has 18 aromatic rings. The zero-order valence-electron chi connectivity index (χ0n) is 76.8. The summed E-state index contributed by atoms with van der Waals surface area (Å²) in [4.78, 5) is 5.15. The Kier molecular flexibility index (Phi) is 14.5. The standard InChI is InChI=1S/C110H98BN5/c1-106(2,3)74-49-55-95-88(62-74)89-63-75(107(4,5)6)50-56-96(89)114(95)81-67-100-103-101(68-81)116(105-82(69-34-20-16-21-35-69)52-57-97-102(105)85-44-30-33-47-94(85)112(97)79-40-26-19-27-41-79)98-60-72(73-58-76(108(7,8)9)61-77(59-73)109(10,11)12)48-53-90(98)111(103)91-54-51-80(113-92-45-31-28-42-83(92)84-43-29-32-46-93(84)113)66-99(91)115(100)104-86(70-36-22-17-23-37-70)64-78(110(13,14)15)65-87(104)71-38-24-18-25-39-71/h16-68H,1-15H3/i28D,29D,31D,32D,42D,43D,45D,46D. The van der Waals surface area contributed by atoms with Gasteiger partial charge < -0.3 is 23.5 Å². The van der Waals surface area contributed by atoms with Crippen LogP contribution in [0.5, 0.6) is 0 Å². The number of para-hydroxylation sites is 4. The van der Waals surface area contributed by atoms with Crippen LogP contribution in [0.2, 0.25) is 0 Å². The maximum Gasteiger partial charge on any atom is 0.252 e. The van der Waals surface area contributed by atoms with Crippen LogP contribution in [0, 0.1) is 0 Å². The van der Waals surface area contributed by atoms with E-state index in [4.69, 9.17) is 0 Å². The van der Waals surface area contributed by atoms with Crippen molar-refractivity contribution < 1.29 is 11.0 Å². The van der Waals surface area contributed by atoms with Crippen molar-refractivity contribution in [3.05, 3.63) is 349 Å². The number of hydrogen-bond acceptors (Lipinski definition) is 2. The molecule has 0 spiro atoms. The molecule has 0 saturated carbocycles. The van der Waals surface area contributed by atoms with Crippen molar-refractivity contribution in [3.63, 3.8) is 0 Å². The summed E-state index contributed by atoms with van der Waals surface area (Å²) >= 11 is 0. The fourth-order valence-corrected chi connectivity index (χ4v) is 18.4. The monoisotopic (exact) mass is 1510 g/mol. The van der Waals surface area contributed by atoms with Gasteiger partial charge in [0.15, 0.2) is 0 Å². The van der Waals surface area contributed by atoms with Crippen LogP contribution in [0.4, 0.5) is 34.1 Å². The second-order valence-corrected chi connectivity index (χ2v) is 37.2. The molecule has 3 aromatic heterocycles. The molecule has 5 heterocycles. The van der Waals surface area contributed by atoms with E-state index in [2.05, 4.69) is 390 Å². The smallest absolute Gasteiger partial charge is 0.252 e. The minimum absolute atomic E-state index is 0.00432. The van der Waals surface area contributed by atoms with Gasteiger partial charge in [0.05, 0.1) is 61.1 Å². The average molecular weight is 1510 g/mol. The van der Waals surface area contributed by atoms with Crippen molar-refractivity contribution in [2.75, 3.05) is 9.80 Å². The summed E-state index contributed by atoms with van der Waals surface area (Å²) in [6.07, 6.45) is 0. The number of anilines is 6. The van der Waals surface area contributed by atoms with Gasteiger partial charge >= 0.3 is 0 Å². The number of hydrogen-bond donors (Lipinski definition) is 0. The molecule has 566 valence electrons. The van der Waals surface area contributed by atoms with E-state index in [0.717, 1.165) is 156 Å². The van der Waals surface area contributed by atoms with Crippen molar-refractivity contribution in [2.24, 2.45) is 0 Å². The number of fused-ring (bicyclic) bond motifs is 13. The first-order chi connectivity index (χ1) is 59.0.